The molecular weight excluding hydrogens is 226 g/mol. The van der Waals surface area contributed by atoms with Gasteiger partial charge in [-0.05, 0) is 36.5 Å². The fraction of sp³-hybridized carbons (Fsp3) is 0.600. The van der Waals surface area contributed by atoms with Crippen LogP contribution in [-0.4, -0.2) is 17.8 Å². The molecule has 3 heteroatoms. The molecule has 3 N–H and O–H groups in total. The SMILES string of the molecule is CC1CCCCC1OCC(O)c1ccc(N)cc1. The number of anilines is 1. The highest BCUT2D eigenvalue weighted by Crippen LogP contribution is 2.27. The van der Waals surface area contributed by atoms with Crippen LogP contribution in [0.5, 0.6) is 0 Å². The summed E-state index contributed by atoms with van der Waals surface area (Å²) in [6.45, 7) is 2.61. The average Bonchev–Trinajstić information content (AvgIpc) is 2.38. The highest BCUT2D eigenvalue weighted by Gasteiger charge is 2.22. The molecule has 0 aliphatic heterocycles. The Morgan fingerprint density at radius 1 is 1.28 bits per heavy atom. The van der Waals surface area contributed by atoms with E-state index in [0.717, 1.165) is 12.0 Å². The van der Waals surface area contributed by atoms with Gasteiger partial charge in [0.05, 0.1) is 12.7 Å². The highest BCUT2D eigenvalue weighted by atomic mass is 16.5. The molecule has 0 spiro atoms. The molecule has 2 rings (SSSR count). The van der Waals surface area contributed by atoms with Crippen LogP contribution < -0.4 is 5.73 Å². The quantitative estimate of drug-likeness (QED) is 0.807. The van der Waals surface area contributed by atoms with Crippen molar-refractivity contribution in [1.82, 2.24) is 0 Å². The van der Waals surface area contributed by atoms with E-state index in [4.69, 9.17) is 10.5 Å². The Bertz CT molecular complexity index is 363. The van der Waals surface area contributed by atoms with Crippen LogP contribution in [0.1, 0.15) is 44.3 Å². The maximum absolute atomic E-state index is 10.1. The molecule has 0 bridgehead atoms. The van der Waals surface area contributed by atoms with E-state index >= 15 is 0 Å². The largest absolute Gasteiger partial charge is 0.399 e. The van der Waals surface area contributed by atoms with Gasteiger partial charge in [0.15, 0.2) is 0 Å². The van der Waals surface area contributed by atoms with Crippen LogP contribution in [0.2, 0.25) is 0 Å². The van der Waals surface area contributed by atoms with Crippen LogP contribution in [0.3, 0.4) is 0 Å². The molecule has 3 atom stereocenters. The molecule has 0 saturated heterocycles. The predicted octanol–water partition coefficient (Wildman–Crippen LogP) is 2.90. The number of aliphatic hydroxyl groups is 1. The van der Waals surface area contributed by atoms with Crippen LogP contribution in [0.25, 0.3) is 0 Å². The molecule has 0 amide bonds. The van der Waals surface area contributed by atoms with Crippen molar-refractivity contribution < 1.29 is 9.84 Å². The molecule has 1 aromatic rings. The van der Waals surface area contributed by atoms with Crippen molar-refractivity contribution in [2.24, 2.45) is 5.92 Å². The van der Waals surface area contributed by atoms with E-state index < -0.39 is 6.10 Å². The summed E-state index contributed by atoms with van der Waals surface area (Å²) >= 11 is 0. The van der Waals surface area contributed by atoms with Crippen LogP contribution >= 0.6 is 0 Å². The summed E-state index contributed by atoms with van der Waals surface area (Å²) in [7, 11) is 0. The summed E-state index contributed by atoms with van der Waals surface area (Å²) in [5.41, 5.74) is 7.21. The Kier molecular flexibility index (Phi) is 4.61. The van der Waals surface area contributed by atoms with Crippen LogP contribution in [0.4, 0.5) is 5.69 Å². The van der Waals surface area contributed by atoms with E-state index in [-0.39, 0.29) is 0 Å². The van der Waals surface area contributed by atoms with Crippen molar-refractivity contribution in [3.8, 4) is 0 Å². The second kappa shape index (κ2) is 6.21. The van der Waals surface area contributed by atoms with E-state index in [1.165, 1.54) is 19.3 Å². The first kappa shape index (κ1) is 13.4. The number of rotatable bonds is 4. The molecule has 3 nitrogen and oxygen atoms in total. The monoisotopic (exact) mass is 249 g/mol. The second-order valence-electron chi connectivity index (χ2n) is 5.32. The second-order valence-corrected chi connectivity index (χ2v) is 5.32. The molecule has 0 heterocycles. The minimum Gasteiger partial charge on any atom is -0.399 e. The Labute approximate surface area is 109 Å². The number of nitrogen functional groups attached to an aromatic ring is 1. The van der Waals surface area contributed by atoms with Crippen molar-refractivity contribution in [3.05, 3.63) is 29.8 Å². The minimum absolute atomic E-state index is 0.308. The summed E-state index contributed by atoms with van der Waals surface area (Å²) in [4.78, 5) is 0. The van der Waals surface area contributed by atoms with Gasteiger partial charge in [0, 0.05) is 5.69 Å². The smallest absolute Gasteiger partial charge is 0.102 e. The van der Waals surface area contributed by atoms with Gasteiger partial charge in [-0.25, -0.2) is 0 Å². The van der Waals surface area contributed by atoms with Crippen molar-refractivity contribution >= 4 is 5.69 Å². The van der Waals surface area contributed by atoms with Gasteiger partial charge in [-0.3, -0.25) is 0 Å². The summed E-state index contributed by atoms with van der Waals surface area (Å²) in [5, 5.41) is 10.1. The van der Waals surface area contributed by atoms with Gasteiger partial charge < -0.3 is 15.6 Å². The summed E-state index contributed by atoms with van der Waals surface area (Å²) in [6.07, 6.45) is 4.66. The van der Waals surface area contributed by atoms with Gasteiger partial charge in [-0.2, -0.15) is 0 Å². The maximum atomic E-state index is 10.1. The Morgan fingerprint density at radius 2 is 1.94 bits per heavy atom. The summed E-state index contributed by atoms with van der Waals surface area (Å²) in [6, 6.07) is 7.32. The Morgan fingerprint density at radius 3 is 2.61 bits per heavy atom. The van der Waals surface area contributed by atoms with Crippen molar-refractivity contribution in [2.75, 3.05) is 12.3 Å². The summed E-state index contributed by atoms with van der Waals surface area (Å²) in [5.74, 6) is 0.609. The van der Waals surface area contributed by atoms with Crippen LogP contribution in [0, 0.1) is 5.92 Å². The Hall–Kier alpha value is -1.06. The van der Waals surface area contributed by atoms with Crippen molar-refractivity contribution in [2.45, 2.75) is 44.8 Å². The van der Waals surface area contributed by atoms with Crippen LogP contribution in [-0.2, 0) is 4.74 Å². The standard InChI is InChI=1S/C15H23NO2/c1-11-4-2-3-5-15(11)18-10-14(17)12-6-8-13(16)9-7-12/h6-9,11,14-15,17H,2-5,10,16H2,1H3. The van der Waals surface area contributed by atoms with E-state index in [1.807, 2.05) is 24.3 Å². The molecule has 1 fully saturated rings. The fourth-order valence-corrected chi connectivity index (χ4v) is 2.56. The number of ether oxygens (including phenoxy) is 1. The van der Waals surface area contributed by atoms with Gasteiger partial charge in [-0.15, -0.1) is 0 Å². The third kappa shape index (κ3) is 3.47. The van der Waals surface area contributed by atoms with Gasteiger partial charge in [0.25, 0.3) is 0 Å². The lowest BCUT2D eigenvalue weighted by Crippen LogP contribution is -2.27. The van der Waals surface area contributed by atoms with E-state index in [0.29, 0.717) is 24.3 Å². The van der Waals surface area contributed by atoms with E-state index in [1.54, 1.807) is 0 Å². The molecule has 1 saturated carbocycles. The summed E-state index contributed by atoms with van der Waals surface area (Å²) < 4.78 is 5.86. The first-order valence-corrected chi connectivity index (χ1v) is 6.82. The average molecular weight is 249 g/mol. The number of hydrogen-bond donors (Lipinski definition) is 2. The lowest BCUT2D eigenvalue weighted by Gasteiger charge is -2.29. The molecule has 1 aliphatic carbocycles. The maximum Gasteiger partial charge on any atom is 0.102 e. The third-order valence-electron chi connectivity index (χ3n) is 3.82. The molecule has 100 valence electrons. The normalized spacial score (nSPS) is 25.9. The zero-order chi connectivity index (χ0) is 13.0. The fourth-order valence-electron chi connectivity index (χ4n) is 2.56. The first-order chi connectivity index (χ1) is 8.66. The number of nitrogens with two attached hydrogens (primary N) is 1. The topological polar surface area (TPSA) is 55.5 Å². The van der Waals surface area contributed by atoms with Crippen molar-refractivity contribution in [3.63, 3.8) is 0 Å². The van der Waals surface area contributed by atoms with Gasteiger partial charge >= 0.3 is 0 Å². The highest BCUT2D eigenvalue weighted by molar-refractivity contribution is 5.39. The number of aliphatic hydroxyl groups excluding tert-OH is 1. The molecular formula is C15H23NO2. The zero-order valence-electron chi connectivity index (χ0n) is 11.0. The van der Waals surface area contributed by atoms with Gasteiger partial charge in [0.1, 0.15) is 6.10 Å². The molecule has 3 unspecified atom stereocenters. The van der Waals surface area contributed by atoms with Crippen molar-refractivity contribution in [1.29, 1.82) is 0 Å². The molecule has 0 aromatic heterocycles. The number of benzene rings is 1. The molecule has 0 radical (unpaired) electrons. The number of hydrogen-bond acceptors (Lipinski definition) is 3. The van der Waals surface area contributed by atoms with E-state index in [2.05, 4.69) is 6.92 Å². The lowest BCUT2D eigenvalue weighted by atomic mass is 9.88. The van der Waals surface area contributed by atoms with Crippen LogP contribution in [0.15, 0.2) is 24.3 Å². The minimum atomic E-state index is -0.556. The lowest BCUT2D eigenvalue weighted by molar-refractivity contribution is -0.0467. The van der Waals surface area contributed by atoms with Gasteiger partial charge in [-0.1, -0.05) is 31.9 Å². The zero-order valence-corrected chi connectivity index (χ0v) is 11.0. The molecule has 18 heavy (non-hydrogen) atoms. The van der Waals surface area contributed by atoms with E-state index in [9.17, 15) is 5.11 Å². The predicted molar refractivity (Wildman–Crippen MR) is 73.2 cm³/mol. The molecule has 1 aliphatic rings. The van der Waals surface area contributed by atoms with Gasteiger partial charge in [0.2, 0.25) is 0 Å². The third-order valence-corrected chi connectivity index (χ3v) is 3.82. The molecule has 1 aromatic carbocycles. The Balaban J connectivity index is 1.83. The first-order valence-electron chi connectivity index (χ1n) is 6.82.